The Kier molecular flexibility index (Phi) is 5.51. The molecule has 132 valence electrons. The Balaban J connectivity index is 1.53. The number of piperidine rings is 1. The first-order chi connectivity index (χ1) is 11.6. The molecule has 5 heteroatoms. The van der Waals surface area contributed by atoms with Crippen LogP contribution in [0.4, 0.5) is 4.39 Å². The van der Waals surface area contributed by atoms with Gasteiger partial charge >= 0.3 is 0 Å². The molecule has 1 unspecified atom stereocenters. The molecular formula is C19H27FN2O2. The molecule has 0 saturated carbocycles. The lowest BCUT2D eigenvalue weighted by Gasteiger charge is -2.46. The summed E-state index contributed by atoms with van der Waals surface area (Å²) in [5.74, 6) is 0.377. The van der Waals surface area contributed by atoms with Crippen molar-refractivity contribution in [3.05, 3.63) is 35.6 Å². The molecule has 3 rings (SSSR count). The van der Waals surface area contributed by atoms with Crippen molar-refractivity contribution in [2.45, 2.75) is 44.2 Å². The van der Waals surface area contributed by atoms with Gasteiger partial charge in [0.25, 0.3) is 0 Å². The molecule has 1 amide bonds. The lowest BCUT2D eigenvalue weighted by atomic mass is 9.78. The molecule has 0 radical (unpaired) electrons. The van der Waals surface area contributed by atoms with Crippen LogP contribution in [0.3, 0.4) is 0 Å². The third-order valence-electron chi connectivity index (χ3n) is 5.41. The number of nitrogens with zero attached hydrogens (tertiary/aromatic N) is 1. The molecule has 4 nitrogen and oxygen atoms in total. The fourth-order valence-corrected chi connectivity index (χ4v) is 4.03. The molecule has 2 heterocycles. The number of ether oxygens (including phenoxy) is 1. The lowest BCUT2D eigenvalue weighted by Crippen LogP contribution is -2.49. The van der Waals surface area contributed by atoms with Crippen molar-refractivity contribution in [2.75, 3.05) is 26.7 Å². The van der Waals surface area contributed by atoms with Gasteiger partial charge in [0, 0.05) is 39.7 Å². The van der Waals surface area contributed by atoms with Crippen LogP contribution in [-0.2, 0) is 16.1 Å². The fraction of sp³-hybridized carbons (Fsp3) is 0.632. The molecule has 1 spiro atoms. The van der Waals surface area contributed by atoms with Gasteiger partial charge in [-0.25, -0.2) is 4.39 Å². The van der Waals surface area contributed by atoms with E-state index in [0.717, 1.165) is 57.5 Å². The van der Waals surface area contributed by atoms with Gasteiger partial charge < -0.3 is 10.1 Å². The Hall–Kier alpha value is -1.46. The Morgan fingerprint density at radius 2 is 2.21 bits per heavy atom. The molecule has 24 heavy (non-hydrogen) atoms. The zero-order valence-electron chi connectivity index (χ0n) is 14.4. The minimum Gasteiger partial charge on any atom is -0.375 e. The number of amides is 1. The smallest absolute Gasteiger partial charge is 0.220 e. The summed E-state index contributed by atoms with van der Waals surface area (Å²) >= 11 is 0. The summed E-state index contributed by atoms with van der Waals surface area (Å²) in [6, 6.07) is 6.84. The molecular weight excluding hydrogens is 307 g/mol. The Morgan fingerprint density at radius 1 is 1.42 bits per heavy atom. The minimum atomic E-state index is -0.173. The van der Waals surface area contributed by atoms with Crippen LogP contribution >= 0.6 is 0 Å². The van der Waals surface area contributed by atoms with Crippen LogP contribution < -0.4 is 5.32 Å². The average molecular weight is 334 g/mol. The number of benzene rings is 1. The van der Waals surface area contributed by atoms with E-state index in [0.29, 0.717) is 12.3 Å². The predicted molar refractivity (Wildman–Crippen MR) is 91.0 cm³/mol. The first-order valence-corrected chi connectivity index (χ1v) is 8.90. The number of rotatable bonds is 4. The molecule has 2 aliphatic heterocycles. The summed E-state index contributed by atoms with van der Waals surface area (Å²) in [5.41, 5.74) is 0.961. The number of hydrogen-bond donors (Lipinski definition) is 1. The van der Waals surface area contributed by atoms with Crippen LogP contribution in [0.1, 0.15) is 37.7 Å². The van der Waals surface area contributed by atoms with Gasteiger partial charge in [-0.3, -0.25) is 9.69 Å². The zero-order valence-corrected chi connectivity index (χ0v) is 14.4. The van der Waals surface area contributed by atoms with Crippen molar-refractivity contribution in [1.29, 1.82) is 0 Å². The summed E-state index contributed by atoms with van der Waals surface area (Å²) in [4.78, 5) is 14.0. The van der Waals surface area contributed by atoms with Crippen molar-refractivity contribution < 1.29 is 13.9 Å². The second-order valence-electron chi connectivity index (χ2n) is 7.17. The zero-order chi connectivity index (χ0) is 17.0. The van der Waals surface area contributed by atoms with E-state index in [9.17, 15) is 9.18 Å². The second kappa shape index (κ2) is 7.62. The van der Waals surface area contributed by atoms with Crippen molar-refractivity contribution in [3.8, 4) is 0 Å². The van der Waals surface area contributed by atoms with Crippen molar-refractivity contribution in [1.82, 2.24) is 10.2 Å². The number of hydrogen-bond acceptors (Lipinski definition) is 3. The van der Waals surface area contributed by atoms with Crippen LogP contribution in [0.15, 0.2) is 24.3 Å². The highest BCUT2D eigenvalue weighted by molar-refractivity contribution is 5.75. The average Bonchev–Trinajstić information content (AvgIpc) is 2.57. The lowest BCUT2D eigenvalue weighted by molar-refractivity contribution is -0.136. The summed E-state index contributed by atoms with van der Waals surface area (Å²) in [5, 5.41) is 2.72. The molecule has 0 aliphatic carbocycles. The Labute approximate surface area is 143 Å². The molecule has 1 atom stereocenters. The quantitative estimate of drug-likeness (QED) is 0.920. The molecule has 2 aliphatic rings. The van der Waals surface area contributed by atoms with E-state index in [2.05, 4.69) is 10.2 Å². The van der Waals surface area contributed by atoms with Gasteiger partial charge in [-0.2, -0.15) is 0 Å². The number of likely N-dealkylation sites (tertiary alicyclic amines) is 1. The Morgan fingerprint density at radius 3 is 2.92 bits per heavy atom. The largest absolute Gasteiger partial charge is 0.375 e. The monoisotopic (exact) mass is 334 g/mol. The molecule has 2 saturated heterocycles. The van der Waals surface area contributed by atoms with E-state index in [-0.39, 0.29) is 17.3 Å². The molecule has 1 N–H and O–H groups in total. The van der Waals surface area contributed by atoms with E-state index < -0.39 is 0 Å². The van der Waals surface area contributed by atoms with Crippen LogP contribution in [0.2, 0.25) is 0 Å². The first-order valence-electron chi connectivity index (χ1n) is 8.90. The van der Waals surface area contributed by atoms with Gasteiger partial charge in [0.2, 0.25) is 5.91 Å². The third-order valence-corrected chi connectivity index (χ3v) is 5.41. The van der Waals surface area contributed by atoms with Crippen molar-refractivity contribution in [2.24, 2.45) is 5.92 Å². The maximum absolute atomic E-state index is 13.3. The fourth-order valence-electron chi connectivity index (χ4n) is 4.03. The number of carbonyl (C=O) groups is 1. The SMILES string of the molecule is CNC(=O)CC1CCOC2(CCN(Cc3cccc(F)c3)CC2)C1. The van der Waals surface area contributed by atoms with Gasteiger partial charge in [-0.1, -0.05) is 12.1 Å². The van der Waals surface area contributed by atoms with Gasteiger partial charge in [-0.05, 0) is 49.3 Å². The Bertz CT molecular complexity index is 570. The van der Waals surface area contributed by atoms with Crippen molar-refractivity contribution >= 4 is 5.91 Å². The van der Waals surface area contributed by atoms with Gasteiger partial charge in [0.15, 0.2) is 0 Å². The van der Waals surface area contributed by atoms with E-state index >= 15 is 0 Å². The standard InChI is InChI=1S/C19H27FN2O2/c1-21-18(23)12-15-5-10-24-19(13-15)6-8-22(9-7-19)14-16-3-2-4-17(20)11-16/h2-4,11,15H,5-10,12-14H2,1H3,(H,21,23). The summed E-state index contributed by atoms with van der Waals surface area (Å²) < 4.78 is 19.5. The maximum atomic E-state index is 13.3. The summed E-state index contributed by atoms with van der Waals surface area (Å²) in [7, 11) is 1.70. The second-order valence-corrected chi connectivity index (χ2v) is 7.17. The molecule has 1 aromatic carbocycles. The summed E-state index contributed by atoms with van der Waals surface area (Å²) in [6.07, 6.45) is 4.55. The molecule has 0 bridgehead atoms. The van der Waals surface area contributed by atoms with Crippen LogP contribution in [0.5, 0.6) is 0 Å². The number of halogens is 1. The molecule has 1 aromatic rings. The van der Waals surface area contributed by atoms with Gasteiger partial charge in [-0.15, -0.1) is 0 Å². The topological polar surface area (TPSA) is 41.6 Å². The minimum absolute atomic E-state index is 0.0601. The van der Waals surface area contributed by atoms with Gasteiger partial charge in [0.1, 0.15) is 5.82 Å². The summed E-state index contributed by atoms with van der Waals surface area (Å²) in [6.45, 7) is 3.47. The highest BCUT2D eigenvalue weighted by Crippen LogP contribution is 2.39. The number of nitrogens with one attached hydrogen (secondary N) is 1. The highest BCUT2D eigenvalue weighted by atomic mass is 19.1. The molecule has 2 fully saturated rings. The van der Waals surface area contributed by atoms with E-state index in [1.54, 1.807) is 19.2 Å². The van der Waals surface area contributed by atoms with Crippen LogP contribution in [0.25, 0.3) is 0 Å². The number of carbonyl (C=O) groups excluding carboxylic acids is 1. The van der Waals surface area contributed by atoms with Gasteiger partial charge in [0.05, 0.1) is 5.60 Å². The highest BCUT2D eigenvalue weighted by Gasteiger charge is 2.40. The molecule has 0 aromatic heterocycles. The normalized spacial score (nSPS) is 24.0. The first kappa shape index (κ1) is 17.4. The predicted octanol–water partition coefficient (Wildman–Crippen LogP) is 2.72. The maximum Gasteiger partial charge on any atom is 0.220 e. The third kappa shape index (κ3) is 4.33. The van der Waals surface area contributed by atoms with E-state index in [4.69, 9.17) is 4.74 Å². The van der Waals surface area contributed by atoms with Crippen LogP contribution in [-0.4, -0.2) is 43.2 Å². The van der Waals surface area contributed by atoms with E-state index in [1.165, 1.54) is 6.07 Å². The van der Waals surface area contributed by atoms with Crippen LogP contribution in [0, 0.1) is 11.7 Å². The van der Waals surface area contributed by atoms with E-state index in [1.807, 2.05) is 6.07 Å². The van der Waals surface area contributed by atoms with Crippen molar-refractivity contribution in [3.63, 3.8) is 0 Å².